The van der Waals surface area contributed by atoms with Crippen LogP contribution in [0, 0.1) is 6.92 Å². The van der Waals surface area contributed by atoms with E-state index in [0.29, 0.717) is 18.9 Å². The third-order valence-corrected chi connectivity index (χ3v) is 6.34. The Bertz CT molecular complexity index is 1270. The normalized spacial score (nSPS) is 10.9. The summed E-state index contributed by atoms with van der Waals surface area (Å²) >= 11 is 6.09. The minimum atomic E-state index is -0.122. The number of imidazole rings is 1. The van der Waals surface area contributed by atoms with E-state index in [4.69, 9.17) is 26.1 Å². The van der Waals surface area contributed by atoms with Gasteiger partial charge in [-0.3, -0.25) is 4.79 Å². The molecule has 1 N–H and O–H groups in total. The Kier molecular flexibility index (Phi) is 9.22. The number of hydrogen-bond donors (Lipinski definition) is 1. The summed E-state index contributed by atoms with van der Waals surface area (Å²) < 4.78 is 13.7. The van der Waals surface area contributed by atoms with Crippen molar-refractivity contribution in [3.05, 3.63) is 89.2 Å². The SMILES string of the molecule is Cc1cc(OCCCCn2c(CCCNC(=O)COc3ccccc3)nc3ccccc32)ccc1Cl. The minimum Gasteiger partial charge on any atom is -0.494 e. The zero-order chi connectivity index (χ0) is 25.2. The Morgan fingerprint density at radius 1 is 0.944 bits per heavy atom. The van der Waals surface area contributed by atoms with Crippen LogP contribution in [0.4, 0.5) is 0 Å². The summed E-state index contributed by atoms with van der Waals surface area (Å²) in [6.07, 6.45) is 3.51. The smallest absolute Gasteiger partial charge is 0.257 e. The van der Waals surface area contributed by atoms with Gasteiger partial charge in [0.05, 0.1) is 17.6 Å². The second-order valence-corrected chi connectivity index (χ2v) is 9.10. The molecule has 0 aliphatic rings. The number of amides is 1. The Morgan fingerprint density at radius 2 is 1.75 bits per heavy atom. The monoisotopic (exact) mass is 505 g/mol. The largest absolute Gasteiger partial charge is 0.494 e. The van der Waals surface area contributed by atoms with E-state index in [9.17, 15) is 4.79 Å². The average molecular weight is 506 g/mol. The number of benzene rings is 3. The fraction of sp³-hybridized carbons (Fsp3) is 0.310. The molecule has 188 valence electrons. The molecule has 7 heteroatoms. The Hall–Kier alpha value is -3.51. The zero-order valence-corrected chi connectivity index (χ0v) is 21.3. The highest BCUT2D eigenvalue weighted by Gasteiger charge is 2.11. The van der Waals surface area contributed by atoms with Gasteiger partial charge in [0.25, 0.3) is 5.91 Å². The molecule has 3 aromatic carbocycles. The highest BCUT2D eigenvalue weighted by molar-refractivity contribution is 6.31. The predicted octanol–water partition coefficient (Wildman–Crippen LogP) is 5.99. The van der Waals surface area contributed by atoms with E-state index in [1.807, 2.05) is 73.7 Å². The molecule has 0 bridgehead atoms. The van der Waals surface area contributed by atoms with E-state index >= 15 is 0 Å². The fourth-order valence-corrected chi connectivity index (χ4v) is 4.14. The molecule has 0 saturated heterocycles. The summed E-state index contributed by atoms with van der Waals surface area (Å²) in [7, 11) is 0. The van der Waals surface area contributed by atoms with Gasteiger partial charge >= 0.3 is 0 Å². The van der Waals surface area contributed by atoms with E-state index in [1.165, 1.54) is 0 Å². The van der Waals surface area contributed by atoms with E-state index in [1.54, 1.807) is 0 Å². The Labute approximate surface area is 217 Å². The van der Waals surface area contributed by atoms with E-state index in [-0.39, 0.29) is 12.5 Å². The first-order valence-corrected chi connectivity index (χ1v) is 12.8. The lowest BCUT2D eigenvalue weighted by atomic mass is 10.2. The molecular weight excluding hydrogens is 474 g/mol. The number of halogens is 1. The predicted molar refractivity (Wildman–Crippen MR) is 144 cm³/mol. The first kappa shape index (κ1) is 25.6. The van der Waals surface area contributed by atoms with Crippen molar-refractivity contribution in [3.8, 4) is 11.5 Å². The molecule has 6 nitrogen and oxygen atoms in total. The van der Waals surface area contributed by atoms with E-state index in [2.05, 4.69) is 16.0 Å². The summed E-state index contributed by atoms with van der Waals surface area (Å²) in [5, 5.41) is 3.69. The number of para-hydroxylation sites is 3. The topological polar surface area (TPSA) is 65.4 Å². The summed E-state index contributed by atoms with van der Waals surface area (Å²) in [6.45, 7) is 4.09. The van der Waals surface area contributed by atoms with Gasteiger partial charge in [0.15, 0.2) is 6.61 Å². The first-order valence-electron chi connectivity index (χ1n) is 12.4. The highest BCUT2D eigenvalue weighted by Crippen LogP contribution is 2.22. The van der Waals surface area contributed by atoms with Crippen LogP contribution < -0.4 is 14.8 Å². The number of nitrogens with one attached hydrogen (secondary N) is 1. The van der Waals surface area contributed by atoms with Gasteiger partial charge in [0.1, 0.15) is 17.3 Å². The lowest BCUT2D eigenvalue weighted by molar-refractivity contribution is -0.123. The lowest BCUT2D eigenvalue weighted by Crippen LogP contribution is -2.30. The molecule has 0 aliphatic heterocycles. The standard InChI is InChI=1S/C29H32ClN3O3/c1-22-20-24(15-16-25(22)30)35-19-8-7-18-33-27-13-6-5-12-26(27)32-28(33)14-9-17-31-29(34)21-36-23-10-3-2-4-11-23/h2-6,10-13,15-16,20H,7-9,14,17-19,21H2,1H3,(H,31,34). The number of hydrogen-bond acceptors (Lipinski definition) is 4. The van der Waals surface area contributed by atoms with Crippen LogP contribution in [-0.2, 0) is 17.8 Å². The average Bonchev–Trinajstić information content (AvgIpc) is 3.25. The van der Waals surface area contributed by atoms with Gasteiger partial charge in [-0.25, -0.2) is 4.98 Å². The van der Waals surface area contributed by atoms with E-state index in [0.717, 1.165) is 65.4 Å². The van der Waals surface area contributed by atoms with Gasteiger partial charge in [-0.1, -0.05) is 41.9 Å². The highest BCUT2D eigenvalue weighted by atomic mass is 35.5. The van der Waals surface area contributed by atoms with Crippen LogP contribution in [0.2, 0.25) is 5.02 Å². The van der Waals surface area contributed by atoms with Crippen LogP contribution in [0.3, 0.4) is 0 Å². The molecule has 0 atom stereocenters. The summed E-state index contributed by atoms with van der Waals surface area (Å²) in [6, 6.07) is 23.3. The summed E-state index contributed by atoms with van der Waals surface area (Å²) in [5.41, 5.74) is 3.16. The molecule has 1 amide bonds. The second-order valence-electron chi connectivity index (χ2n) is 8.69. The molecule has 4 aromatic rings. The van der Waals surface area contributed by atoms with Crippen molar-refractivity contribution in [2.75, 3.05) is 19.8 Å². The second kappa shape index (κ2) is 13.0. The third-order valence-electron chi connectivity index (χ3n) is 5.92. The maximum atomic E-state index is 12.1. The van der Waals surface area contributed by atoms with Crippen molar-refractivity contribution in [1.82, 2.24) is 14.9 Å². The summed E-state index contributed by atoms with van der Waals surface area (Å²) in [5.74, 6) is 2.46. The molecule has 0 aliphatic carbocycles. The third kappa shape index (κ3) is 7.25. The number of carbonyl (C=O) groups excluding carboxylic acids is 1. The maximum Gasteiger partial charge on any atom is 0.257 e. The van der Waals surface area contributed by atoms with Gasteiger partial charge in [-0.2, -0.15) is 0 Å². The first-order chi connectivity index (χ1) is 17.6. The van der Waals surface area contributed by atoms with Crippen molar-refractivity contribution in [2.45, 2.75) is 39.2 Å². The molecule has 0 radical (unpaired) electrons. The number of rotatable bonds is 13. The number of carbonyl (C=O) groups is 1. The van der Waals surface area contributed by atoms with Crippen LogP contribution in [0.5, 0.6) is 11.5 Å². The molecule has 36 heavy (non-hydrogen) atoms. The molecule has 0 spiro atoms. The quantitative estimate of drug-likeness (QED) is 0.227. The van der Waals surface area contributed by atoms with Crippen molar-refractivity contribution in [1.29, 1.82) is 0 Å². The van der Waals surface area contributed by atoms with E-state index < -0.39 is 0 Å². The zero-order valence-electron chi connectivity index (χ0n) is 20.6. The van der Waals surface area contributed by atoms with Crippen molar-refractivity contribution < 1.29 is 14.3 Å². The number of fused-ring (bicyclic) bond motifs is 1. The van der Waals surface area contributed by atoms with Crippen LogP contribution in [0.15, 0.2) is 72.8 Å². The molecule has 0 unspecified atom stereocenters. The Balaban J connectivity index is 1.23. The number of ether oxygens (including phenoxy) is 2. The van der Waals surface area contributed by atoms with Gasteiger partial charge < -0.3 is 19.4 Å². The van der Waals surface area contributed by atoms with Crippen LogP contribution in [0.1, 0.15) is 30.7 Å². The number of aromatic nitrogens is 2. The van der Waals surface area contributed by atoms with Crippen molar-refractivity contribution in [3.63, 3.8) is 0 Å². The van der Waals surface area contributed by atoms with Crippen LogP contribution in [-0.4, -0.2) is 35.2 Å². The van der Waals surface area contributed by atoms with Crippen molar-refractivity contribution in [2.24, 2.45) is 0 Å². The number of unbranched alkanes of at least 4 members (excludes halogenated alkanes) is 1. The number of nitrogens with zero attached hydrogens (tertiary/aromatic N) is 2. The molecule has 1 heterocycles. The fourth-order valence-electron chi connectivity index (χ4n) is 4.03. The molecule has 4 rings (SSSR count). The van der Waals surface area contributed by atoms with Crippen LogP contribution >= 0.6 is 11.6 Å². The van der Waals surface area contributed by atoms with Gasteiger partial charge in [0, 0.05) is 24.5 Å². The molecule has 0 fully saturated rings. The Morgan fingerprint density at radius 3 is 2.58 bits per heavy atom. The van der Waals surface area contributed by atoms with Gasteiger partial charge in [-0.15, -0.1) is 0 Å². The minimum absolute atomic E-state index is 0.0141. The molecule has 1 aromatic heterocycles. The van der Waals surface area contributed by atoms with Gasteiger partial charge in [-0.05, 0) is 74.2 Å². The number of aryl methyl sites for hydroxylation is 3. The molecule has 0 saturated carbocycles. The van der Waals surface area contributed by atoms with Gasteiger partial charge in [0.2, 0.25) is 0 Å². The maximum absolute atomic E-state index is 12.1. The molecular formula is C29H32ClN3O3. The van der Waals surface area contributed by atoms with Crippen LogP contribution in [0.25, 0.3) is 11.0 Å². The summed E-state index contributed by atoms with van der Waals surface area (Å²) in [4.78, 5) is 17.0. The lowest BCUT2D eigenvalue weighted by Gasteiger charge is -2.11. The van der Waals surface area contributed by atoms with Crippen molar-refractivity contribution >= 4 is 28.5 Å².